The molecule has 0 aromatic heterocycles. The molecule has 3 heteroatoms. The number of hydrogen-bond acceptors (Lipinski definition) is 1. The fourth-order valence-corrected chi connectivity index (χ4v) is 2.69. The zero-order valence-electron chi connectivity index (χ0n) is 10.2. The Labute approximate surface area is 118 Å². The Hall–Kier alpha value is -1.02. The number of nitrogens with two attached hydrogens (primary N) is 1. The van der Waals surface area contributed by atoms with Crippen molar-refractivity contribution in [2.45, 2.75) is 18.9 Å². The van der Waals surface area contributed by atoms with Gasteiger partial charge in [-0.25, -0.2) is 0 Å². The average Bonchev–Trinajstić information content (AvgIpc) is 2.29. The van der Waals surface area contributed by atoms with Crippen LogP contribution in [0.4, 0.5) is 0 Å². The molecule has 1 atom stereocenters. The third kappa shape index (κ3) is 3.05. The Kier molecular flexibility index (Phi) is 3.96. The van der Waals surface area contributed by atoms with Crippen molar-refractivity contribution in [1.82, 2.24) is 0 Å². The topological polar surface area (TPSA) is 26.0 Å². The summed E-state index contributed by atoms with van der Waals surface area (Å²) in [5.74, 6) is 0. The van der Waals surface area contributed by atoms with E-state index in [1.165, 1.54) is 5.56 Å². The summed E-state index contributed by atoms with van der Waals surface area (Å²) in [7, 11) is 0. The fourth-order valence-electron chi connectivity index (χ4n) is 2.07. The summed E-state index contributed by atoms with van der Waals surface area (Å²) < 4.78 is 0. The zero-order valence-corrected chi connectivity index (χ0v) is 11.7. The smallest absolute Gasteiger partial charge is 0.0471 e. The molecule has 2 rings (SSSR count). The summed E-state index contributed by atoms with van der Waals surface area (Å²) in [5.41, 5.74) is 7.99. The molecule has 0 bridgehead atoms. The van der Waals surface area contributed by atoms with Crippen LogP contribution in [0.25, 0.3) is 0 Å². The first-order chi connectivity index (χ1) is 8.49. The summed E-state index contributed by atoms with van der Waals surface area (Å²) in [4.78, 5) is 0. The summed E-state index contributed by atoms with van der Waals surface area (Å²) in [5, 5.41) is 1.24. The van der Waals surface area contributed by atoms with Crippen LogP contribution in [0, 0.1) is 0 Å². The second-order valence-electron chi connectivity index (χ2n) is 4.70. The molecule has 2 N–H and O–H groups in total. The van der Waals surface area contributed by atoms with Gasteiger partial charge in [0.05, 0.1) is 0 Å². The van der Waals surface area contributed by atoms with Gasteiger partial charge in [0.15, 0.2) is 0 Å². The van der Waals surface area contributed by atoms with Gasteiger partial charge in [0, 0.05) is 15.6 Å². The van der Waals surface area contributed by atoms with Crippen molar-refractivity contribution in [3.63, 3.8) is 0 Å². The predicted octanol–water partition coefficient (Wildman–Crippen LogP) is 4.41. The first-order valence-corrected chi connectivity index (χ1v) is 6.53. The van der Waals surface area contributed by atoms with Gasteiger partial charge in [0.25, 0.3) is 0 Å². The maximum absolute atomic E-state index is 6.39. The first-order valence-electron chi connectivity index (χ1n) is 5.77. The minimum Gasteiger partial charge on any atom is -0.321 e. The standard InChI is InChI=1S/C15H15Cl2N/c1-15(18,10-11-5-3-2-4-6-11)13-8-7-12(16)9-14(13)17/h2-9H,10,18H2,1H3. The lowest BCUT2D eigenvalue weighted by molar-refractivity contribution is 0.491. The third-order valence-electron chi connectivity index (χ3n) is 2.96. The maximum Gasteiger partial charge on any atom is 0.0471 e. The molecule has 0 spiro atoms. The van der Waals surface area contributed by atoms with Crippen LogP contribution in [0.15, 0.2) is 48.5 Å². The number of rotatable bonds is 3. The van der Waals surface area contributed by atoms with Crippen LogP contribution in [0.5, 0.6) is 0 Å². The van der Waals surface area contributed by atoms with Crippen LogP contribution in [-0.4, -0.2) is 0 Å². The Morgan fingerprint density at radius 3 is 2.33 bits per heavy atom. The van der Waals surface area contributed by atoms with E-state index in [1.807, 2.05) is 37.3 Å². The van der Waals surface area contributed by atoms with Crippen LogP contribution in [0.2, 0.25) is 10.0 Å². The van der Waals surface area contributed by atoms with E-state index in [1.54, 1.807) is 6.07 Å². The Bertz CT molecular complexity index is 535. The minimum atomic E-state index is -0.511. The molecule has 0 saturated carbocycles. The molecule has 0 amide bonds. The minimum absolute atomic E-state index is 0.511. The largest absolute Gasteiger partial charge is 0.321 e. The molecule has 0 aliphatic carbocycles. The van der Waals surface area contributed by atoms with Gasteiger partial charge in [-0.3, -0.25) is 0 Å². The molecular weight excluding hydrogens is 265 g/mol. The lowest BCUT2D eigenvalue weighted by atomic mass is 9.86. The van der Waals surface area contributed by atoms with Gasteiger partial charge < -0.3 is 5.73 Å². The van der Waals surface area contributed by atoms with Crippen molar-refractivity contribution in [2.75, 3.05) is 0 Å². The van der Waals surface area contributed by atoms with Gasteiger partial charge in [-0.1, -0.05) is 59.6 Å². The molecule has 2 aromatic rings. The van der Waals surface area contributed by atoms with Gasteiger partial charge in [-0.15, -0.1) is 0 Å². The number of hydrogen-bond donors (Lipinski definition) is 1. The summed E-state index contributed by atoms with van der Waals surface area (Å²) in [6.07, 6.45) is 0.731. The van der Waals surface area contributed by atoms with Gasteiger partial charge >= 0.3 is 0 Å². The van der Waals surface area contributed by atoms with Crippen LogP contribution < -0.4 is 5.73 Å². The van der Waals surface area contributed by atoms with Gasteiger partial charge in [0.1, 0.15) is 0 Å². The van der Waals surface area contributed by atoms with Crippen LogP contribution >= 0.6 is 23.2 Å². The van der Waals surface area contributed by atoms with Crippen LogP contribution in [-0.2, 0) is 12.0 Å². The molecule has 0 heterocycles. The maximum atomic E-state index is 6.39. The highest BCUT2D eigenvalue weighted by molar-refractivity contribution is 6.35. The van der Waals surface area contributed by atoms with Crippen molar-refractivity contribution < 1.29 is 0 Å². The van der Waals surface area contributed by atoms with Gasteiger partial charge in [0.2, 0.25) is 0 Å². The highest BCUT2D eigenvalue weighted by Crippen LogP contribution is 2.31. The third-order valence-corrected chi connectivity index (χ3v) is 3.51. The monoisotopic (exact) mass is 279 g/mol. The van der Waals surface area contributed by atoms with Crippen molar-refractivity contribution in [3.8, 4) is 0 Å². The molecule has 1 unspecified atom stereocenters. The van der Waals surface area contributed by atoms with E-state index in [0.717, 1.165) is 12.0 Å². The molecular formula is C15H15Cl2N. The highest BCUT2D eigenvalue weighted by atomic mass is 35.5. The zero-order chi connectivity index (χ0) is 13.2. The second-order valence-corrected chi connectivity index (χ2v) is 5.55. The lowest BCUT2D eigenvalue weighted by Crippen LogP contribution is -2.35. The van der Waals surface area contributed by atoms with E-state index in [0.29, 0.717) is 10.0 Å². The number of benzene rings is 2. The van der Waals surface area contributed by atoms with Crippen molar-refractivity contribution in [1.29, 1.82) is 0 Å². The molecule has 94 valence electrons. The molecule has 0 aliphatic heterocycles. The van der Waals surface area contributed by atoms with Crippen molar-refractivity contribution in [2.24, 2.45) is 5.73 Å². The normalized spacial score (nSPS) is 14.2. The van der Waals surface area contributed by atoms with Gasteiger partial charge in [-0.2, -0.15) is 0 Å². The SMILES string of the molecule is CC(N)(Cc1ccccc1)c1ccc(Cl)cc1Cl. The highest BCUT2D eigenvalue weighted by Gasteiger charge is 2.24. The first kappa shape index (κ1) is 13.4. The molecule has 2 aromatic carbocycles. The van der Waals surface area contributed by atoms with E-state index in [9.17, 15) is 0 Å². The van der Waals surface area contributed by atoms with E-state index in [4.69, 9.17) is 28.9 Å². The van der Waals surface area contributed by atoms with E-state index in [2.05, 4.69) is 12.1 Å². The quantitative estimate of drug-likeness (QED) is 0.885. The van der Waals surface area contributed by atoms with Gasteiger partial charge in [-0.05, 0) is 36.6 Å². The van der Waals surface area contributed by atoms with E-state index in [-0.39, 0.29) is 0 Å². The second kappa shape index (κ2) is 5.31. The van der Waals surface area contributed by atoms with Crippen molar-refractivity contribution >= 4 is 23.2 Å². The summed E-state index contributed by atoms with van der Waals surface area (Å²) >= 11 is 12.1. The van der Waals surface area contributed by atoms with Crippen LogP contribution in [0.3, 0.4) is 0 Å². The molecule has 0 fully saturated rings. The fraction of sp³-hybridized carbons (Fsp3) is 0.200. The van der Waals surface area contributed by atoms with E-state index < -0.39 is 5.54 Å². The average molecular weight is 280 g/mol. The van der Waals surface area contributed by atoms with E-state index >= 15 is 0 Å². The molecule has 1 nitrogen and oxygen atoms in total. The molecule has 18 heavy (non-hydrogen) atoms. The summed E-state index contributed by atoms with van der Waals surface area (Å²) in [6.45, 7) is 1.98. The van der Waals surface area contributed by atoms with Crippen molar-refractivity contribution in [3.05, 3.63) is 69.7 Å². The van der Waals surface area contributed by atoms with Crippen LogP contribution in [0.1, 0.15) is 18.1 Å². The predicted molar refractivity (Wildman–Crippen MR) is 78.1 cm³/mol. The Balaban J connectivity index is 2.30. The lowest BCUT2D eigenvalue weighted by Gasteiger charge is -2.26. The summed E-state index contributed by atoms with van der Waals surface area (Å²) in [6, 6.07) is 15.6. The molecule has 0 aliphatic rings. The molecule has 0 radical (unpaired) electrons. The Morgan fingerprint density at radius 2 is 1.72 bits per heavy atom. The Morgan fingerprint density at radius 1 is 1.06 bits per heavy atom. The number of halogens is 2. The molecule has 0 saturated heterocycles.